The van der Waals surface area contributed by atoms with E-state index in [9.17, 15) is 14.7 Å². The topological polar surface area (TPSA) is 78.9 Å². The number of rotatable bonds is 23. The van der Waals surface area contributed by atoms with Crippen LogP contribution in [0.2, 0.25) is 0 Å². The maximum atomic E-state index is 12.2. The van der Waals surface area contributed by atoms with Crippen molar-refractivity contribution in [1.82, 2.24) is 10.2 Å². The van der Waals surface area contributed by atoms with Crippen molar-refractivity contribution in [2.24, 2.45) is 0 Å². The van der Waals surface area contributed by atoms with Gasteiger partial charge in [0.1, 0.15) is 6.61 Å². The SMILES string of the molecule is CCCCCCCCCCCC(=O)N1CCCCC1CO.CCCCCCCCCCCC(=O)OCC1CCCCN1. The van der Waals surface area contributed by atoms with E-state index in [1.165, 1.54) is 116 Å². The Balaban J connectivity index is 0.000000420. The van der Waals surface area contributed by atoms with Gasteiger partial charge in [0.15, 0.2) is 0 Å². The summed E-state index contributed by atoms with van der Waals surface area (Å²) < 4.78 is 5.35. The molecule has 0 aliphatic carbocycles. The molecule has 6 heteroatoms. The molecule has 2 unspecified atom stereocenters. The van der Waals surface area contributed by atoms with Crippen LogP contribution < -0.4 is 5.32 Å². The molecular weight excluding hydrogens is 524 g/mol. The summed E-state index contributed by atoms with van der Waals surface area (Å²) in [6.07, 6.45) is 31.3. The average Bonchev–Trinajstić information content (AvgIpc) is 3.03. The molecule has 1 amide bonds. The van der Waals surface area contributed by atoms with E-state index < -0.39 is 0 Å². The van der Waals surface area contributed by atoms with Crippen LogP contribution in [0.1, 0.15) is 181 Å². The zero-order chi connectivity index (χ0) is 30.5. The van der Waals surface area contributed by atoms with Crippen LogP contribution in [-0.2, 0) is 14.3 Å². The molecule has 2 fully saturated rings. The van der Waals surface area contributed by atoms with Gasteiger partial charge in [0, 0.05) is 25.4 Å². The number of piperidine rings is 2. The highest BCUT2D eigenvalue weighted by atomic mass is 16.5. The molecule has 2 aliphatic rings. The van der Waals surface area contributed by atoms with Crippen LogP contribution in [0.4, 0.5) is 0 Å². The molecule has 2 aliphatic heterocycles. The standard InChI is InChI=1S/2C18H35NO2/c1-2-3-4-5-6-7-8-9-10-14-18(20)21-16-17-13-11-12-15-19-17;1-2-3-4-5-6-7-8-9-10-14-18(21)19-15-12-11-13-17(19)16-20/h17,19H,2-16H2,1H3;17,20H,2-16H2,1H3. The smallest absolute Gasteiger partial charge is 0.305 e. The number of carbonyl (C=O) groups excluding carboxylic acids is 2. The number of aliphatic hydroxyl groups is 1. The second kappa shape index (κ2) is 28.6. The minimum Gasteiger partial charge on any atom is -0.464 e. The predicted octanol–water partition coefficient (Wildman–Crippen LogP) is 8.87. The van der Waals surface area contributed by atoms with Gasteiger partial charge in [-0.3, -0.25) is 9.59 Å². The van der Waals surface area contributed by atoms with Crippen LogP contribution in [-0.4, -0.2) is 60.3 Å². The van der Waals surface area contributed by atoms with Gasteiger partial charge in [0.2, 0.25) is 5.91 Å². The molecule has 2 N–H and O–H groups in total. The van der Waals surface area contributed by atoms with E-state index in [1.54, 1.807) is 0 Å². The van der Waals surface area contributed by atoms with Crippen molar-refractivity contribution in [3.8, 4) is 0 Å². The van der Waals surface area contributed by atoms with Gasteiger partial charge in [-0.25, -0.2) is 0 Å². The summed E-state index contributed by atoms with van der Waals surface area (Å²) in [4.78, 5) is 25.8. The number of esters is 1. The Hall–Kier alpha value is -1.14. The van der Waals surface area contributed by atoms with E-state index in [2.05, 4.69) is 19.2 Å². The van der Waals surface area contributed by atoms with E-state index in [0.29, 0.717) is 25.5 Å². The van der Waals surface area contributed by atoms with Gasteiger partial charge in [-0.15, -0.1) is 0 Å². The maximum Gasteiger partial charge on any atom is 0.305 e. The van der Waals surface area contributed by atoms with Gasteiger partial charge < -0.3 is 20.1 Å². The third kappa shape index (κ3) is 21.5. The van der Waals surface area contributed by atoms with Crippen LogP contribution in [0.5, 0.6) is 0 Å². The minimum absolute atomic E-state index is 0.00896. The first-order valence-electron chi connectivity index (χ1n) is 18.4. The second-order valence-electron chi connectivity index (χ2n) is 12.9. The zero-order valence-corrected chi connectivity index (χ0v) is 28.0. The number of hydrogen-bond donors (Lipinski definition) is 2. The van der Waals surface area contributed by atoms with Crippen molar-refractivity contribution in [2.45, 2.75) is 193 Å². The first-order chi connectivity index (χ1) is 20.6. The first-order valence-corrected chi connectivity index (χ1v) is 18.4. The summed E-state index contributed by atoms with van der Waals surface area (Å²) in [5.74, 6) is 0.252. The van der Waals surface area contributed by atoms with Gasteiger partial charge >= 0.3 is 5.97 Å². The van der Waals surface area contributed by atoms with Crippen LogP contribution in [0.25, 0.3) is 0 Å². The Kier molecular flexibility index (Phi) is 26.5. The lowest BCUT2D eigenvalue weighted by molar-refractivity contribution is -0.144. The van der Waals surface area contributed by atoms with Crippen molar-refractivity contribution < 1.29 is 19.4 Å². The van der Waals surface area contributed by atoms with Gasteiger partial charge in [0.05, 0.1) is 12.6 Å². The van der Waals surface area contributed by atoms with Gasteiger partial charge in [-0.2, -0.15) is 0 Å². The number of nitrogens with zero attached hydrogens (tertiary/aromatic N) is 1. The number of carbonyl (C=O) groups is 2. The van der Waals surface area contributed by atoms with Crippen molar-refractivity contribution in [3.63, 3.8) is 0 Å². The molecule has 0 radical (unpaired) electrons. The molecule has 0 spiro atoms. The molecule has 0 aromatic heterocycles. The number of ether oxygens (including phenoxy) is 1. The first kappa shape index (κ1) is 38.9. The van der Waals surface area contributed by atoms with Crippen LogP contribution in [0.15, 0.2) is 0 Å². The lowest BCUT2D eigenvalue weighted by Gasteiger charge is -2.34. The number of nitrogens with one attached hydrogen (secondary N) is 1. The summed E-state index contributed by atoms with van der Waals surface area (Å²) in [6.45, 7) is 7.12. The fraction of sp³-hybridized carbons (Fsp3) is 0.944. The average molecular weight is 595 g/mol. The fourth-order valence-corrected chi connectivity index (χ4v) is 6.16. The van der Waals surface area contributed by atoms with Crippen LogP contribution in [0.3, 0.4) is 0 Å². The van der Waals surface area contributed by atoms with Crippen LogP contribution in [0, 0.1) is 0 Å². The van der Waals surface area contributed by atoms with E-state index in [-0.39, 0.29) is 24.5 Å². The maximum absolute atomic E-state index is 12.2. The Morgan fingerprint density at radius 2 is 1.21 bits per heavy atom. The lowest BCUT2D eigenvalue weighted by Crippen LogP contribution is -2.45. The van der Waals surface area contributed by atoms with Gasteiger partial charge in [-0.1, -0.05) is 123 Å². The monoisotopic (exact) mass is 595 g/mol. The predicted molar refractivity (Wildman–Crippen MR) is 177 cm³/mol. The highest BCUT2D eigenvalue weighted by Gasteiger charge is 2.25. The molecular formula is C36H70N2O4. The molecule has 2 heterocycles. The Labute approximate surface area is 260 Å². The van der Waals surface area contributed by atoms with E-state index in [1.807, 2.05) is 4.90 Å². The molecule has 2 atom stereocenters. The van der Waals surface area contributed by atoms with E-state index in [4.69, 9.17) is 4.74 Å². The number of hydrogen-bond acceptors (Lipinski definition) is 5. The van der Waals surface area contributed by atoms with E-state index in [0.717, 1.165) is 51.6 Å². The summed E-state index contributed by atoms with van der Waals surface area (Å²) in [5.41, 5.74) is 0. The minimum atomic E-state index is -0.00896. The van der Waals surface area contributed by atoms with Crippen LogP contribution >= 0.6 is 0 Å². The number of aliphatic hydroxyl groups excluding tert-OH is 1. The molecule has 0 aromatic carbocycles. The largest absolute Gasteiger partial charge is 0.464 e. The summed E-state index contributed by atoms with van der Waals surface area (Å²) in [7, 11) is 0. The highest BCUT2D eigenvalue weighted by Crippen LogP contribution is 2.19. The number of unbranched alkanes of at least 4 members (excludes halogenated alkanes) is 16. The van der Waals surface area contributed by atoms with Crippen molar-refractivity contribution in [2.75, 3.05) is 26.3 Å². The molecule has 248 valence electrons. The van der Waals surface area contributed by atoms with E-state index >= 15 is 0 Å². The summed E-state index contributed by atoms with van der Waals surface area (Å²) in [5, 5.41) is 12.7. The molecule has 0 aromatic rings. The highest BCUT2D eigenvalue weighted by molar-refractivity contribution is 5.76. The van der Waals surface area contributed by atoms with Gasteiger partial charge in [0.25, 0.3) is 0 Å². The Morgan fingerprint density at radius 1 is 0.690 bits per heavy atom. The van der Waals surface area contributed by atoms with Crippen molar-refractivity contribution in [1.29, 1.82) is 0 Å². The molecule has 0 bridgehead atoms. The number of likely N-dealkylation sites (tertiary alicyclic amines) is 1. The molecule has 6 nitrogen and oxygen atoms in total. The second-order valence-corrected chi connectivity index (χ2v) is 12.9. The summed E-state index contributed by atoms with van der Waals surface area (Å²) in [6, 6.07) is 0.482. The third-order valence-corrected chi connectivity index (χ3v) is 8.99. The summed E-state index contributed by atoms with van der Waals surface area (Å²) >= 11 is 0. The molecule has 2 rings (SSSR count). The molecule has 42 heavy (non-hydrogen) atoms. The lowest BCUT2D eigenvalue weighted by atomic mass is 10.0. The Bertz CT molecular complexity index is 624. The Morgan fingerprint density at radius 3 is 1.74 bits per heavy atom. The molecule has 0 saturated carbocycles. The fourth-order valence-electron chi connectivity index (χ4n) is 6.16. The quantitative estimate of drug-likeness (QED) is 0.0912. The normalized spacial score (nSPS) is 18.8. The molecule has 2 saturated heterocycles. The third-order valence-electron chi connectivity index (χ3n) is 8.99. The number of amides is 1. The van der Waals surface area contributed by atoms with Crippen molar-refractivity contribution >= 4 is 11.9 Å². The zero-order valence-electron chi connectivity index (χ0n) is 28.0. The van der Waals surface area contributed by atoms with Crippen molar-refractivity contribution in [3.05, 3.63) is 0 Å². The van der Waals surface area contributed by atoms with Gasteiger partial charge in [-0.05, 0) is 51.5 Å².